The highest BCUT2D eigenvalue weighted by molar-refractivity contribution is 6.26. The first-order valence-corrected chi connectivity index (χ1v) is 16.9. The van der Waals surface area contributed by atoms with Crippen LogP contribution in [0.1, 0.15) is 11.0 Å². The van der Waals surface area contributed by atoms with Crippen molar-refractivity contribution in [2.24, 2.45) is 0 Å². The van der Waals surface area contributed by atoms with Crippen LogP contribution in [-0.4, -0.2) is 0 Å². The molecule has 0 unspecified atom stereocenters. The third kappa shape index (κ3) is 4.16. The third-order valence-corrected chi connectivity index (χ3v) is 10.3. The molecule has 11 aromatic rings. The predicted octanol–water partition coefficient (Wildman–Crippen LogP) is 14.4. The van der Waals surface area contributed by atoms with E-state index < -0.39 is 24.2 Å². The number of fused-ring (bicyclic) bond motifs is 9. The predicted molar refractivity (Wildman–Crippen MR) is 218 cm³/mol. The minimum absolute atomic E-state index is 0.179. The van der Waals surface area contributed by atoms with Gasteiger partial charge >= 0.3 is 0 Å². The molecule has 1 heteroatoms. The first-order valence-electron chi connectivity index (χ1n) is 20.9. The molecule has 0 aliphatic rings. The fourth-order valence-corrected chi connectivity index (χ4v) is 8.11. The zero-order chi connectivity index (χ0) is 40.4. The Labute approximate surface area is 305 Å². The normalized spacial score (nSPS) is 14.1. The van der Waals surface area contributed by atoms with Crippen LogP contribution in [0, 0.1) is 0 Å². The Bertz CT molecular complexity index is 3570. The fourth-order valence-electron chi connectivity index (χ4n) is 8.11. The summed E-state index contributed by atoms with van der Waals surface area (Å²) in [6.45, 7) is 0. The van der Waals surface area contributed by atoms with Crippen molar-refractivity contribution in [1.82, 2.24) is 0 Å². The van der Waals surface area contributed by atoms with E-state index in [2.05, 4.69) is 30.3 Å². The molecule has 0 amide bonds. The molecule has 0 saturated heterocycles. The summed E-state index contributed by atoms with van der Waals surface area (Å²) in [6.07, 6.45) is 0. The average Bonchev–Trinajstić information content (AvgIpc) is 3.66. The first-order chi connectivity index (χ1) is 28.6. The van der Waals surface area contributed by atoms with Crippen molar-refractivity contribution in [1.29, 1.82) is 0 Å². The Morgan fingerprint density at radius 3 is 1.61 bits per heavy atom. The van der Waals surface area contributed by atoms with Gasteiger partial charge in [0.25, 0.3) is 0 Å². The molecule has 0 radical (unpaired) electrons. The minimum Gasteiger partial charge on any atom is -0.456 e. The van der Waals surface area contributed by atoms with Crippen molar-refractivity contribution < 1.29 is 15.4 Å². The quantitative estimate of drug-likeness (QED) is 0.173. The molecular formula is C50H30O. The Hall–Kier alpha value is -6.70. The summed E-state index contributed by atoms with van der Waals surface area (Å²) in [7, 11) is 0. The highest BCUT2D eigenvalue weighted by Gasteiger charge is 2.21. The molecule has 1 heterocycles. The number of furan rings is 1. The van der Waals surface area contributed by atoms with Crippen molar-refractivity contribution in [2.75, 3.05) is 0 Å². The van der Waals surface area contributed by atoms with Crippen LogP contribution < -0.4 is 0 Å². The van der Waals surface area contributed by atoms with Crippen molar-refractivity contribution in [3.8, 4) is 33.4 Å². The van der Waals surface area contributed by atoms with Gasteiger partial charge in [-0.2, -0.15) is 0 Å². The van der Waals surface area contributed by atoms with Crippen molar-refractivity contribution >= 4 is 75.8 Å². The Morgan fingerprint density at radius 1 is 0.353 bits per heavy atom. The molecule has 0 spiro atoms. The molecule has 1 nitrogen and oxygen atoms in total. The van der Waals surface area contributed by atoms with E-state index in [4.69, 9.17) is 9.90 Å². The molecule has 0 aliphatic heterocycles. The summed E-state index contributed by atoms with van der Waals surface area (Å²) in [5.74, 6) is 0. The van der Waals surface area contributed by atoms with Crippen LogP contribution in [0.4, 0.5) is 0 Å². The van der Waals surface area contributed by atoms with E-state index >= 15 is 0 Å². The molecule has 0 atom stereocenters. The van der Waals surface area contributed by atoms with Crippen molar-refractivity contribution in [3.63, 3.8) is 0 Å². The van der Waals surface area contributed by atoms with Crippen LogP contribution in [0.25, 0.3) is 109 Å². The highest BCUT2D eigenvalue weighted by atomic mass is 16.3. The van der Waals surface area contributed by atoms with E-state index in [0.29, 0.717) is 27.8 Å². The summed E-state index contributed by atoms with van der Waals surface area (Å²) in [5, 5.41) is 8.23. The molecule has 11 rings (SSSR count). The Morgan fingerprint density at radius 2 is 0.902 bits per heavy atom. The van der Waals surface area contributed by atoms with Gasteiger partial charge in [-0.3, -0.25) is 0 Å². The SMILES string of the molecule is [2H]c1c([2H])c([2H])c2c(-c3cccc4cccc(-c5ccc6c(c5)oc5ccc7ccccc7c56)c34)c3c([2H])c([2H])c([2H])c([2H])c3c(-c3cccc4ccccc34)c2c1[2H]. The average molecular weight is 655 g/mol. The van der Waals surface area contributed by atoms with Gasteiger partial charge in [0.15, 0.2) is 0 Å². The molecule has 0 fully saturated rings. The topological polar surface area (TPSA) is 13.1 Å². The summed E-state index contributed by atoms with van der Waals surface area (Å²) in [5.41, 5.74) is 4.98. The van der Waals surface area contributed by atoms with E-state index in [1.54, 1.807) is 0 Å². The lowest BCUT2D eigenvalue weighted by Crippen LogP contribution is -1.93. The highest BCUT2D eigenvalue weighted by Crippen LogP contribution is 2.48. The Balaban J connectivity index is 1.32. The van der Waals surface area contributed by atoms with Crippen LogP contribution >= 0.6 is 0 Å². The van der Waals surface area contributed by atoms with Crippen LogP contribution in [0.2, 0.25) is 0 Å². The Kier molecular flexibility index (Phi) is 4.57. The number of hydrogen-bond donors (Lipinski definition) is 0. The maximum absolute atomic E-state index is 9.56. The maximum atomic E-state index is 9.56. The number of benzene rings is 10. The molecule has 1 aromatic heterocycles. The second kappa shape index (κ2) is 10.9. The minimum atomic E-state index is -0.434. The third-order valence-electron chi connectivity index (χ3n) is 10.3. The molecular weight excluding hydrogens is 617 g/mol. The lowest BCUT2D eigenvalue weighted by Gasteiger charge is -2.20. The zero-order valence-electron chi connectivity index (χ0n) is 35.1. The van der Waals surface area contributed by atoms with E-state index in [9.17, 15) is 5.48 Å². The monoisotopic (exact) mass is 654 g/mol. The van der Waals surface area contributed by atoms with Gasteiger partial charge in [0.05, 0.1) is 11.0 Å². The lowest BCUT2D eigenvalue weighted by atomic mass is 9.82. The summed E-state index contributed by atoms with van der Waals surface area (Å²) < 4.78 is 80.4. The lowest BCUT2D eigenvalue weighted by molar-refractivity contribution is 0.669. The molecule has 0 saturated carbocycles. The second-order valence-corrected chi connectivity index (χ2v) is 13.0. The molecule has 0 aliphatic carbocycles. The smallest absolute Gasteiger partial charge is 0.136 e. The fraction of sp³-hybridized carbons (Fsp3) is 0. The summed E-state index contributed by atoms with van der Waals surface area (Å²) in [4.78, 5) is 0. The second-order valence-electron chi connectivity index (χ2n) is 13.0. The van der Waals surface area contributed by atoms with Gasteiger partial charge in [-0.25, -0.2) is 0 Å². The number of hydrogen-bond acceptors (Lipinski definition) is 1. The molecule has 236 valence electrons. The van der Waals surface area contributed by atoms with Gasteiger partial charge in [0.1, 0.15) is 11.2 Å². The van der Waals surface area contributed by atoms with Crippen LogP contribution in [0.15, 0.2) is 186 Å². The van der Waals surface area contributed by atoms with Crippen molar-refractivity contribution in [2.45, 2.75) is 0 Å². The van der Waals surface area contributed by atoms with E-state index in [1.165, 1.54) is 0 Å². The van der Waals surface area contributed by atoms with E-state index in [0.717, 1.165) is 59.8 Å². The zero-order valence-corrected chi connectivity index (χ0v) is 27.1. The first kappa shape index (κ1) is 21.4. The van der Waals surface area contributed by atoms with Gasteiger partial charge in [-0.1, -0.05) is 164 Å². The molecule has 0 N–H and O–H groups in total. The van der Waals surface area contributed by atoms with Crippen LogP contribution in [0.3, 0.4) is 0 Å². The van der Waals surface area contributed by atoms with Crippen LogP contribution in [0.5, 0.6) is 0 Å². The molecule has 10 aromatic carbocycles. The summed E-state index contributed by atoms with van der Waals surface area (Å²) in [6, 6.07) is 40.6. The largest absolute Gasteiger partial charge is 0.456 e. The molecule has 51 heavy (non-hydrogen) atoms. The maximum Gasteiger partial charge on any atom is 0.136 e. The van der Waals surface area contributed by atoms with Gasteiger partial charge < -0.3 is 4.42 Å². The van der Waals surface area contributed by atoms with Gasteiger partial charge in [-0.15, -0.1) is 0 Å². The van der Waals surface area contributed by atoms with E-state index in [-0.39, 0.29) is 45.7 Å². The standard InChI is InChI=1S/C50H30O/c1-3-17-35-31(12-1)14-9-24-38(35)48-39-19-5-7-21-41(39)49(42-22-8-6-20-40(42)48)44-25-11-16-33-15-10-23-37(47(33)44)34-26-28-43-46(30-34)51-45-29-27-32-13-2-4-18-36(32)50(43)45/h1-30H/i5D,6D,7D,8D,19D,20D,21D,22D. The van der Waals surface area contributed by atoms with Gasteiger partial charge in [0, 0.05) is 10.8 Å². The number of rotatable bonds is 3. The van der Waals surface area contributed by atoms with Gasteiger partial charge in [0.2, 0.25) is 0 Å². The summed E-state index contributed by atoms with van der Waals surface area (Å²) >= 11 is 0. The van der Waals surface area contributed by atoms with Crippen LogP contribution in [-0.2, 0) is 0 Å². The molecule has 0 bridgehead atoms. The van der Waals surface area contributed by atoms with Crippen molar-refractivity contribution in [3.05, 3.63) is 182 Å². The van der Waals surface area contributed by atoms with E-state index in [1.807, 2.05) is 103 Å². The van der Waals surface area contributed by atoms with Gasteiger partial charge in [-0.05, 0) is 105 Å².